The molecule has 0 saturated heterocycles. The summed E-state index contributed by atoms with van der Waals surface area (Å²) >= 11 is 7.62. The van der Waals surface area contributed by atoms with Gasteiger partial charge >= 0.3 is 0 Å². The molecule has 37 heavy (non-hydrogen) atoms. The fraction of sp³-hybridized carbons (Fsp3) is 0.214. The van der Waals surface area contributed by atoms with Gasteiger partial charge in [0.05, 0.1) is 10.3 Å². The average molecular weight is 535 g/mol. The Morgan fingerprint density at radius 3 is 2.46 bits per heavy atom. The maximum atomic E-state index is 13.2. The van der Waals surface area contributed by atoms with Gasteiger partial charge in [-0.15, -0.1) is 10.2 Å². The number of benzene rings is 3. The smallest absolute Gasteiger partial charge is 0.237 e. The molecule has 0 aliphatic carbocycles. The molecule has 2 unspecified atom stereocenters. The number of anilines is 1. The van der Waals surface area contributed by atoms with E-state index in [0.29, 0.717) is 39.4 Å². The first-order chi connectivity index (χ1) is 17.9. The van der Waals surface area contributed by atoms with Crippen LogP contribution in [0.15, 0.2) is 84.0 Å². The molecule has 0 fully saturated rings. The lowest BCUT2D eigenvalue weighted by Gasteiger charge is -2.19. The number of ketones is 1. The molecule has 7 nitrogen and oxygen atoms in total. The third-order valence-electron chi connectivity index (χ3n) is 5.62. The van der Waals surface area contributed by atoms with Crippen LogP contribution in [-0.2, 0) is 4.79 Å². The van der Waals surface area contributed by atoms with E-state index in [1.165, 1.54) is 18.7 Å². The van der Waals surface area contributed by atoms with E-state index in [0.717, 1.165) is 5.69 Å². The van der Waals surface area contributed by atoms with Gasteiger partial charge in [-0.25, -0.2) is 0 Å². The summed E-state index contributed by atoms with van der Waals surface area (Å²) in [6.07, 6.45) is 0.0936. The van der Waals surface area contributed by atoms with Gasteiger partial charge in [-0.3, -0.25) is 14.2 Å². The van der Waals surface area contributed by atoms with Gasteiger partial charge in [0, 0.05) is 16.9 Å². The van der Waals surface area contributed by atoms with Crippen molar-refractivity contribution in [3.8, 4) is 11.4 Å². The highest BCUT2D eigenvalue weighted by molar-refractivity contribution is 8.00. The molecule has 4 aromatic rings. The highest BCUT2D eigenvalue weighted by atomic mass is 35.5. The van der Waals surface area contributed by atoms with Crippen molar-refractivity contribution in [1.29, 1.82) is 0 Å². The number of hydrogen-bond donors (Lipinski definition) is 1. The van der Waals surface area contributed by atoms with Crippen molar-refractivity contribution in [3.63, 3.8) is 0 Å². The normalized spacial score (nSPS) is 12.5. The second-order valence-corrected chi connectivity index (χ2v) is 9.92. The molecular weight excluding hydrogens is 508 g/mol. The minimum Gasteiger partial charge on any atom is -0.481 e. The number of hydrogen-bond acceptors (Lipinski definition) is 6. The Bertz CT molecular complexity index is 1390. The first-order valence-electron chi connectivity index (χ1n) is 11.9. The Morgan fingerprint density at radius 2 is 1.76 bits per heavy atom. The molecule has 3 aromatic carbocycles. The molecule has 0 spiro atoms. The van der Waals surface area contributed by atoms with Crippen molar-refractivity contribution >= 4 is 40.7 Å². The number of halogens is 1. The zero-order valence-electron chi connectivity index (χ0n) is 20.7. The third kappa shape index (κ3) is 6.39. The Kier molecular flexibility index (Phi) is 8.63. The van der Waals surface area contributed by atoms with Gasteiger partial charge in [0.2, 0.25) is 5.91 Å². The highest BCUT2D eigenvalue weighted by Gasteiger charge is 2.26. The molecule has 0 saturated carbocycles. The standard InChI is InChI=1S/C28H27ClN4O3S/c1-4-25(27(35)30-21-12-10-11-20(17-21)18(2)34)37-28-32-31-26(33(28)22-13-6-5-7-14-22)19(3)36-24-16-9-8-15-23(24)29/h5-17,19,25H,4H2,1-3H3,(H,30,35). The van der Waals surface area contributed by atoms with Crippen LogP contribution in [0.25, 0.3) is 5.69 Å². The molecule has 2 atom stereocenters. The minimum absolute atomic E-state index is 0.0610. The number of carbonyl (C=O) groups excluding carboxylic acids is 2. The fourth-order valence-electron chi connectivity index (χ4n) is 3.71. The van der Waals surface area contributed by atoms with Crippen LogP contribution in [0.2, 0.25) is 5.02 Å². The van der Waals surface area contributed by atoms with Crippen molar-refractivity contribution in [2.75, 3.05) is 5.32 Å². The number of nitrogens with one attached hydrogen (secondary N) is 1. The van der Waals surface area contributed by atoms with Crippen LogP contribution in [-0.4, -0.2) is 31.7 Å². The Morgan fingerprint density at radius 1 is 1.03 bits per heavy atom. The van der Waals surface area contributed by atoms with Gasteiger partial charge < -0.3 is 10.1 Å². The van der Waals surface area contributed by atoms with E-state index in [1.54, 1.807) is 36.4 Å². The first kappa shape index (κ1) is 26.4. The molecule has 1 heterocycles. The molecule has 0 aliphatic heterocycles. The first-order valence-corrected chi connectivity index (χ1v) is 13.1. The molecule has 0 aliphatic rings. The van der Waals surface area contributed by atoms with Gasteiger partial charge in [0.25, 0.3) is 0 Å². The average Bonchev–Trinajstić information content (AvgIpc) is 3.33. The second kappa shape index (κ2) is 12.1. The maximum Gasteiger partial charge on any atom is 0.237 e. The fourth-order valence-corrected chi connectivity index (χ4v) is 4.87. The van der Waals surface area contributed by atoms with Crippen molar-refractivity contribution in [2.24, 2.45) is 0 Å². The van der Waals surface area contributed by atoms with Crippen LogP contribution in [0.4, 0.5) is 5.69 Å². The number of thioether (sulfide) groups is 1. The van der Waals surface area contributed by atoms with E-state index in [2.05, 4.69) is 15.5 Å². The zero-order chi connectivity index (χ0) is 26.4. The van der Waals surface area contributed by atoms with Crippen molar-refractivity contribution < 1.29 is 14.3 Å². The van der Waals surface area contributed by atoms with E-state index in [-0.39, 0.29) is 11.7 Å². The summed E-state index contributed by atoms with van der Waals surface area (Å²) in [6, 6.07) is 23.9. The Balaban J connectivity index is 1.61. The lowest BCUT2D eigenvalue weighted by molar-refractivity contribution is -0.115. The van der Waals surface area contributed by atoms with E-state index >= 15 is 0 Å². The van der Waals surface area contributed by atoms with Crippen molar-refractivity contribution in [3.05, 3.63) is 95.3 Å². The number of nitrogens with zero attached hydrogens (tertiary/aromatic N) is 3. The SMILES string of the molecule is CCC(Sc1nnc(C(C)Oc2ccccc2Cl)n1-c1ccccc1)C(=O)Nc1cccc(C(C)=O)c1. The molecule has 1 aromatic heterocycles. The number of para-hydroxylation sites is 2. The summed E-state index contributed by atoms with van der Waals surface area (Å²) < 4.78 is 8.02. The summed E-state index contributed by atoms with van der Waals surface area (Å²) in [5, 5.41) is 12.4. The monoisotopic (exact) mass is 534 g/mol. The van der Waals surface area contributed by atoms with Crippen LogP contribution >= 0.6 is 23.4 Å². The topological polar surface area (TPSA) is 86.1 Å². The quantitative estimate of drug-likeness (QED) is 0.178. The van der Waals surface area contributed by atoms with Gasteiger partial charge in [-0.05, 0) is 56.7 Å². The van der Waals surface area contributed by atoms with Gasteiger partial charge in [-0.1, -0.05) is 72.8 Å². The molecule has 4 rings (SSSR count). The third-order valence-corrected chi connectivity index (χ3v) is 7.24. The van der Waals surface area contributed by atoms with Crippen LogP contribution in [0.5, 0.6) is 5.75 Å². The van der Waals surface area contributed by atoms with E-state index < -0.39 is 11.4 Å². The molecule has 190 valence electrons. The van der Waals surface area contributed by atoms with Gasteiger partial charge in [-0.2, -0.15) is 0 Å². The minimum atomic E-state index is -0.467. The largest absolute Gasteiger partial charge is 0.481 e. The number of ether oxygens (including phenoxy) is 1. The number of aromatic nitrogens is 3. The van der Waals surface area contributed by atoms with Crippen LogP contribution in [0, 0.1) is 0 Å². The highest BCUT2D eigenvalue weighted by Crippen LogP contribution is 2.33. The molecule has 1 N–H and O–H groups in total. The van der Waals surface area contributed by atoms with E-state index in [1.807, 2.05) is 60.9 Å². The van der Waals surface area contributed by atoms with E-state index in [4.69, 9.17) is 16.3 Å². The summed E-state index contributed by atoms with van der Waals surface area (Å²) in [5.41, 5.74) is 1.97. The van der Waals surface area contributed by atoms with Gasteiger partial charge in [0.1, 0.15) is 5.75 Å². The molecule has 9 heteroatoms. The number of rotatable bonds is 10. The predicted octanol–water partition coefficient (Wildman–Crippen LogP) is 6.77. The summed E-state index contributed by atoms with van der Waals surface area (Å²) in [7, 11) is 0. The Hall–Kier alpha value is -3.62. The molecular formula is C28H27ClN4O3S. The van der Waals surface area contributed by atoms with E-state index in [9.17, 15) is 9.59 Å². The summed E-state index contributed by atoms with van der Waals surface area (Å²) in [4.78, 5) is 24.9. The van der Waals surface area contributed by atoms with Gasteiger partial charge in [0.15, 0.2) is 22.9 Å². The predicted molar refractivity (Wildman–Crippen MR) is 147 cm³/mol. The van der Waals surface area contributed by atoms with Crippen LogP contribution in [0.1, 0.15) is 49.5 Å². The lowest BCUT2D eigenvalue weighted by atomic mass is 10.1. The van der Waals surface area contributed by atoms with Crippen LogP contribution in [0.3, 0.4) is 0 Å². The van der Waals surface area contributed by atoms with Crippen molar-refractivity contribution in [1.82, 2.24) is 14.8 Å². The second-order valence-electron chi connectivity index (χ2n) is 8.34. The molecule has 1 amide bonds. The Labute approximate surface area is 225 Å². The maximum absolute atomic E-state index is 13.2. The molecule has 0 radical (unpaired) electrons. The number of amides is 1. The van der Waals surface area contributed by atoms with Crippen LogP contribution < -0.4 is 10.1 Å². The zero-order valence-corrected chi connectivity index (χ0v) is 22.3. The lowest BCUT2D eigenvalue weighted by Crippen LogP contribution is -2.25. The summed E-state index contributed by atoms with van der Waals surface area (Å²) in [5.74, 6) is 0.886. The molecule has 0 bridgehead atoms. The summed E-state index contributed by atoms with van der Waals surface area (Å²) in [6.45, 7) is 5.32. The number of carbonyl (C=O) groups is 2. The van der Waals surface area contributed by atoms with Crippen molar-refractivity contribution in [2.45, 2.75) is 43.7 Å². The number of Topliss-reactive ketones (excluding diaryl/α,β-unsaturated/α-hetero) is 1.